The Hall–Kier alpha value is -1.18. The summed E-state index contributed by atoms with van der Waals surface area (Å²) in [6, 6.07) is 3.89. The second-order valence-electron chi connectivity index (χ2n) is 5.92. The van der Waals surface area contributed by atoms with Crippen LogP contribution in [0.2, 0.25) is 0 Å². The van der Waals surface area contributed by atoms with Crippen LogP contribution < -0.4 is 9.47 Å². The Morgan fingerprint density at radius 2 is 1.80 bits per heavy atom. The monoisotopic (exact) mass is 434 g/mol. The largest absolute Gasteiger partial charge is 0.493 e. The van der Waals surface area contributed by atoms with Crippen LogP contribution in [0.1, 0.15) is 12.5 Å². The molecule has 0 saturated carbocycles. The van der Waals surface area contributed by atoms with Crippen LogP contribution in [-0.2, 0) is 11.3 Å². The van der Waals surface area contributed by atoms with Crippen LogP contribution in [0.3, 0.4) is 0 Å². The molecule has 0 spiro atoms. The molecule has 1 saturated heterocycles. The van der Waals surface area contributed by atoms with E-state index in [1.165, 1.54) is 0 Å². The third-order valence-electron chi connectivity index (χ3n) is 4.01. The molecule has 6 nitrogen and oxygen atoms in total. The van der Waals surface area contributed by atoms with E-state index in [-0.39, 0.29) is 18.1 Å². The predicted molar refractivity (Wildman–Crippen MR) is 101 cm³/mol. The van der Waals surface area contributed by atoms with Gasteiger partial charge in [-0.1, -0.05) is 15.9 Å². The Bertz CT molecular complexity index is 592. The number of amides is 1. The van der Waals surface area contributed by atoms with E-state index in [1.54, 1.807) is 26.0 Å². The summed E-state index contributed by atoms with van der Waals surface area (Å²) in [6.07, 6.45) is -0.292. The molecular weight excluding hydrogens is 412 g/mol. The van der Waals surface area contributed by atoms with Crippen molar-refractivity contribution in [2.45, 2.75) is 18.8 Å². The Balaban J connectivity index is 1.91. The lowest BCUT2D eigenvalue weighted by molar-refractivity contribution is 0.0750. The molecule has 0 radical (unpaired) electrons. The topological polar surface area (TPSA) is 51.2 Å². The van der Waals surface area contributed by atoms with Gasteiger partial charge in [0.15, 0.2) is 11.5 Å². The molecule has 1 heterocycles. The lowest BCUT2D eigenvalue weighted by atomic mass is 10.1. The number of ether oxygens (including phenoxy) is 3. The van der Waals surface area contributed by atoms with Crippen LogP contribution in [0.25, 0.3) is 0 Å². The summed E-state index contributed by atoms with van der Waals surface area (Å²) in [6.45, 7) is 5.65. The molecule has 1 aromatic carbocycles. The third kappa shape index (κ3) is 5.66. The van der Waals surface area contributed by atoms with Crippen LogP contribution in [0.5, 0.6) is 11.5 Å². The molecule has 1 atom stereocenters. The van der Waals surface area contributed by atoms with E-state index in [4.69, 9.17) is 25.8 Å². The number of methoxy groups -OCH3 is 2. The van der Waals surface area contributed by atoms with Gasteiger partial charge in [-0.05, 0) is 24.6 Å². The number of piperazine rings is 1. The molecule has 0 N–H and O–H groups in total. The molecule has 8 heteroatoms. The van der Waals surface area contributed by atoms with Crippen molar-refractivity contribution < 1.29 is 19.0 Å². The quantitative estimate of drug-likeness (QED) is 0.642. The van der Waals surface area contributed by atoms with E-state index in [1.807, 2.05) is 12.1 Å². The van der Waals surface area contributed by atoms with Gasteiger partial charge < -0.3 is 19.1 Å². The molecule has 1 amide bonds. The standard InChI is InChI=1S/C17H24BrClN2O4/c1-12(19)11-25-17(22)21-6-4-20(5-7-21)10-13-8-15(23-2)16(24-3)9-14(13)18/h8-9,12H,4-7,10-11H2,1-3H3. The van der Waals surface area contributed by atoms with Gasteiger partial charge in [0, 0.05) is 37.2 Å². The zero-order valence-electron chi connectivity index (χ0n) is 14.8. The van der Waals surface area contributed by atoms with Crippen LogP contribution in [0.15, 0.2) is 16.6 Å². The van der Waals surface area contributed by atoms with Gasteiger partial charge in [-0.3, -0.25) is 4.90 Å². The maximum atomic E-state index is 12.0. The molecule has 1 unspecified atom stereocenters. The van der Waals surface area contributed by atoms with E-state index in [0.717, 1.165) is 29.7 Å². The van der Waals surface area contributed by atoms with Crippen LogP contribution >= 0.6 is 27.5 Å². The Morgan fingerprint density at radius 3 is 2.36 bits per heavy atom. The molecule has 25 heavy (non-hydrogen) atoms. The number of hydrogen-bond acceptors (Lipinski definition) is 5. The molecular formula is C17H24BrClN2O4. The normalized spacial score (nSPS) is 16.4. The summed E-state index contributed by atoms with van der Waals surface area (Å²) in [5, 5.41) is -0.173. The zero-order chi connectivity index (χ0) is 18.4. The molecule has 0 aromatic heterocycles. The summed E-state index contributed by atoms with van der Waals surface area (Å²) in [5.41, 5.74) is 1.12. The molecule has 0 aliphatic carbocycles. The van der Waals surface area contributed by atoms with Gasteiger partial charge in [0.1, 0.15) is 6.61 Å². The third-order valence-corrected chi connectivity index (χ3v) is 4.88. The number of nitrogens with zero attached hydrogens (tertiary/aromatic N) is 2. The number of benzene rings is 1. The maximum Gasteiger partial charge on any atom is 0.409 e. The fraction of sp³-hybridized carbons (Fsp3) is 0.588. The minimum Gasteiger partial charge on any atom is -0.493 e. The Morgan fingerprint density at radius 1 is 1.20 bits per heavy atom. The predicted octanol–water partition coefficient (Wildman–Crippen LogP) is 3.35. The fourth-order valence-electron chi connectivity index (χ4n) is 2.62. The second kappa shape index (κ2) is 9.50. The molecule has 1 aromatic rings. The van der Waals surface area contributed by atoms with Gasteiger partial charge in [0.05, 0.1) is 19.6 Å². The number of alkyl halides is 1. The van der Waals surface area contributed by atoms with E-state index in [0.29, 0.717) is 24.6 Å². The smallest absolute Gasteiger partial charge is 0.409 e. The van der Waals surface area contributed by atoms with Crippen molar-refractivity contribution in [3.05, 3.63) is 22.2 Å². The lowest BCUT2D eigenvalue weighted by Gasteiger charge is -2.34. The second-order valence-corrected chi connectivity index (χ2v) is 7.52. The molecule has 1 aliphatic heterocycles. The van der Waals surface area contributed by atoms with Crippen molar-refractivity contribution in [3.8, 4) is 11.5 Å². The van der Waals surface area contributed by atoms with Crippen molar-refractivity contribution in [1.82, 2.24) is 9.80 Å². The SMILES string of the molecule is COc1cc(Br)c(CN2CCN(C(=O)OCC(C)Cl)CC2)cc1OC. The van der Waals surface area contributed by atoms with E-state index < -0.39 is 0 Å². The molecule has 1 aliphatic rings. The average Bonchev–Trinajstić information content (AvgIpc) is 2.61. The summed E-state index contributed by atoms with van der Waals surface area (Å²) < 4.78 is 16.8. The zero-order valence-corrected chi connectivity index (χ0v) is 17.1. The van der Waals surface area contributed by atoms with Gasteiger partial charge >= 0.3 is 6.09 Å². The van der Waals surface area contributed by atoms with Crippen LogP contribution in [0.4, 0.5) is 4.79 Å². The fourth-order valence-corrected chi connectivity index (χ4v) is 3.14. The van der Waals surface area contributed by atoms with Crippen LogP contribution in [0, 0.1) is 0 Å². The van der Waals surface area contributed by atoms with Crippen LogP contribution in [-0.4, -0.2) is 68.3 Å². The average molecular weight is 436 g/mol. The first-order valence-corrected chi connectivity index (χ1v) is 9.36. The van der Waals surface area contributed by atoms with Gasteiger partial charge in [-0.2, -0.15) is 0 Å². The highest BCUT2D eigenvalue weighted by Crippen LogP contribution is 2.34. The maximum absolute atomic E-state index is 12.0. The van der Waals surface area contributed by atoms with Crippen molar-refractivity contribution in [2.24, 2.45) is 0 Å². The van der Waals surface area contributed by atoms with Crippen molar-refractivity contribution >= 4 is 33.6 Å². The Kier molecular flexibility index (Phi) is 7.65. The number of hydrogen-bond donors (Lipinski definition) is 0. The van der Waals surface area contributed by atoms with E-state index in [9.17, 15) is 4.79 Å². The van der Waals surface area contributed by atoms with Gasteiger partial charge in [-0.15, -0.1) is 11.6 Å². The first kappa shape index (κ1) is 20.1. The lowest BCUT2D eigenvalue weighted by Crippen LogP contribution is -2.48. The summed E-state index contributed by atoms with van der Waals surface area (Å²) in [4.78, 5) is 16.0. The van der Waals surface area contributed by atoms with E-state index in [2.05, 4.69) is 20.8 Å². The first-order valence-electron chi connectivity index (χ1n) is 8.13. The Labute approximate surface area is 162 Å². The number of rotatable bonds is 6. The van der Waals surface area contributed by atoms with Gasteiger partial charge in [0.2, 0.25) is 0 Å². The molecule has 0 bridgehead atoms. The molecule has 140 valence electrons. The molecule has 2 rings (SSSR count). The first-order chi connectivity index (χ1) is 11.9. The van der Waals surface area contributed by atoms with Gasteiger partial charge in [-0.25, -0.2) is 4.79 Å². The number of halogens is 2. The highest BCUT2D eigenvalue weighted by Gasteiger charge is 2.23. The molecule has 1 fully saturated rings. The summed E-state index contributed by atoms with van der Waals surface area (Å²) >= 11 is 9.40. The highest BCUT2D eigenvalue weighted by molar-refractivity contribution is 9.10. The van der Waals surface area contributed by atoms with Gasteiger partial charge in [0.25, 0.3) is 0 Å². The van der Waals surface area contributed by atoms with Crippen molar-refractivity contribution in [3.63, 3.8) is 0 Å². The summed E-state index contributed by atoms with van der Waals surface area (Å²) in [5.74, 6) is 1.40. The summed E-state index contributed by atoms with van der Waals surface area (Å²) in [7, 11) is 3.24. The minimum absolute atomic E-state index is 0.173. The van der Waals surface area contributed by atoms with E-state index >= 15 is 0 Å². The van der Waals surface area contributed by atoms with Crippen molar-refractivity contribution in [1.29, 1.82) is 0 Å². The minimum atomic E-state index is -0.292. The number of carbonyl (C=O) groups excluding carboxylic acids is 1. The number of carbonyl (C=O) groups is 1. The highest BCUT2D eigenvalue weighted by atomic mass is 79.9. The van der Waals surface area contributed by atoms with Crippen molar-refractivity contribution in [2.75, 3.05) is 47.0 Å².